The molecule has 0 saturated heterocycles. The van der Waals surface area contributed by atoms with Crippen molar-refractivity contribution in [2.45, 2.75) is 38.5 Å². The van der Waals surface area contributed by atoms with Crippen molar-refractivity contribution in [3.63, 3.8) is 0 Å². The molecule has 0 amide bonds. The second-order valence-electron chi connectivity index (χ2n) is 4.15. The van der Waals surface area contributed by atoms with Crippen LogP contribution in [-0.4, -0.2) is 15.0 Å². The first-order valence-electron chi connectivity index (χ1n) is 5.47. The fourth-order valence-electron chi connectivity index (χ4n) is 2.20. The van der Waals surface area contributed by atoms with Gasteiger partial charge in [0.15, 0.2) is 0 Å². The standard InChI is InChI=1S/C10H16N4O/c11-9-12-8(13-10(15)14-9)6-5-7-3-1-2-4-7/h7H,1-6H2,(H3,11,12,13,14,15). The molecule has 0 spiro atoms. The number of aromatic amines is 1. The van der Waals surface area contributed by atoms with E-state index in [2.05, 4.69) is 15.0 Å². The smallest absolute Gasteiger partial charge is 0.349 e. The van der Waals surface area contributed by atoms with Gasteiger partial charge in [-0.05, 0) is 12.3 Å². The van der Waals surface area contributed by atoms with E-state index in [1.54, 1.807) is 0 Å². The molecule has 0 unspecified atom stereocenters. The van der Waals surface area contributed by atoms with Crippen LogP contribution >= 0.6 is 0 Å². The largest absolute Gasteiger partial charge is 0.368 e. The lowest BCUT2D eigenvalue weighted by atomic mass is 10.0. The van der Waals surface area contributed by atoms with E-state index in [-0.39, 0.29) is 5.95 Å². The predicted octanol–water partition coefficient (Wildman–Crippen LogP) is 0.870. The van der Waals surface area contributed by atoms with E-state index in [0.717, 1.165) is 18.8 Å². The van der Waals surface area contributed by atoms with Gasteiger partial charge in [-0.15, -0.1) is 0 Å². The van der Waals surface area contributed by atoms with Crippen molar-refractivity contribution >= 4 is 5.95 Å². The predicted molar refractivity (Wildman–Crippen MR) is 57.3 cm³/mol. The molecule has 3 N–H and O–H groups in total. The molecule has 15 heavy (non-hydrogen) atoms. The number of nitrogen functional groups attached to an aromatic ring is 1. The molecule has 1 aromatic rings. The Morgan fingerprint density at radius 2 is 2.07 bits per heavy atom. The molecule has 0 atom stereocenters. The number of hydrogen-bond acceptors (Lipinski definition) is 4. The van der Waals surface area contributed by atoms with Crippen LogP contribution in [0.15, 0.2) is 4.79 Å². The minimum atomic E-state index is -0.399. The van der Waals surface area contributed by atoms with Gasteiger partial charge in [-0.2, -0.15) is 9.97 Å². The van der Waals surface area contributed by atoms with Crippen LogP contribution < -0.4 is 11.4 Å². The maximum absolute atomic E-state index is 11.0. The molecule has 1 fully saturated rings. The molecule has 5 heteroatoms. The third kappa shape index (κ3) is 2.78. The lowest BCUT2D eigenvalue weighted by Crippen LogP contribution is -2.17. The van der Waals surface area contributed by atoms with E-state index in [4.69, 9.17) is 5.73 Å². The van der Waals surface area contributed by atoms with E-state index in [1.165, 1.54) is 25.7 Å². The van der Waals surface area contributed by atoms with Gasteiger partial charge >= 0.3 is 5.69 Å². The third-order valence-corrected chi connectivity index (χ3v) is 2.98. The molecule has 0 radical (unpaired) electrons. The highest BCUT2D eigenvalue weighted by Gasteiger charge is 2.15. The van der Waals surface area contributed by atoms with Gasteiger partial charge in [-0.25, -0.2) is 4.79 Å². The molecule has 0 aliphatic heterocycles. The van der Waals surface area contributed by atoms with Gasteiger partial charge in [0.05, 0.1) is 0 Å². The van der Waals surface area contributed by atoms with Gasteiger partial charge in [-0.1, -0.05) is 25.7 Å². The Morgan fingerprint density at radius 1 is 1.33 bits per heavy atom. The topological polar surface area (TPSA) is 84.7 Å². The average Bonchev–Trinajstić information content (AvgIpc) is 2.65. The zero-order chi connectivity index (χ0) is 10.7. The van der Waals surface area contributed by atoms with Crippen molar-refractivity contribution < 1.29 is 0 Å². The fourth-order valence-corrected chi connectivity index (χ4v) is 2.20. The molecular weight excluding hydrogens is 192 g/mol. The number of nitrogens with zero attached hydrogens (tertiary/aromatic N) is 2. The van der Waals surface area contributed by atoms with E-state index in [0.29, 0.717) is 5.82 Å². The summed E-state index contributed by atoms with van der Waals surface area (Å²) in [5.41, 5.74) is 5.00. The van der Waals surface area contributed by atoms with Crippen LogP contribution in [0.3, 0.4) is 0 Å². The summed E-state index contributed by atoms with van der Waals surface area (Å²) < 4.78 is 0. The molecule has 1 aromatic heterocycles. The maximum Gasteiger partial charge on any atom is 0.349 e. The lowest BCUT2D eigenvalue weighted by Gasteiger charge is -2.07. The number of nitrogens with two attached hydrogens (primary N) is 1. The zero-order valence-electron chi connectivity index (χ0n) is 8.70. The Hall–Kier alpha value is -1.39. The minimum absolute atomic E-state index is 0.0696. The summed E-state index contributed by atoms with van der Waals surface area (Å²) in [7, 11) is 0. The second-order valence-corrected chi connectivity index (χ2v) is 4.15. The quantitative estimate of drug-likeness (QED) is 0.771. The van der Waals surface area contributed by atoms with Crippen molar-refractivity contribution in [3.05, 3.63) is 16.3 Å². The van der Waals surface area contributed by atoms with Crippen LogP contribution in [0.2, 0.25) is 0 Å². The highest BCUT2D eigenvalue weighted by molar-refractivity contribution is 5.12. The number of rotatable bonds is 3. The first-order chi connectivity index (χ1) is 7.24. The van der Waals surface area contributed by atoms with Gasteiger partial charge in [0.2, 0.25) is 5.95 Å². The van der Waals surface area contributed by atoms with Crippen molar-refractivity contribution in [1.29, 1.82) is 0 Å². The Morgan fingerprint density at radius 3 is 2.73 bits per heavy atom. The molecule has 5 nitrogen and oxygen atoms in total. The van der Waals surface area contributed by atoms with Crippen LogP contribution in [0, 0.1) is 5.92 Å². The van der Waals surface area contributed by atoms with Crippen LogP contribution in [0.25, 0.3) is 0 Å². The van der Waals surface area contributed by atoms with Gasteiger partial charge in [0, 0.05) is 6.42 Å². The average molecular weight is 208 g/mol. The summed E-state index contributed by atoms with van der Waals surface area (Å²) in [6.07, 6.45) is 7.19. The molecular formula is C10H16N4O. The monoisotopic (exact) mass is 208 g/mol. The van der Waals surface area contributed by atoms with Crippen molar-refractivity contribution in [2.24, 2.45) is 5.92 Å². The number of H-pyrrole nitrogens is 1. The number of nitrogens with one attached hydrogen (secondary N) is 1. The molecule has 1 aliphatic carbocycles. The van der Waals surface area contributed by atoms with Gasteiger partial charge in [0.1, 0.15) is 5.82 Å². The minimum Gasteiger partial charge on any atom is -0.368 e. The van der Waals surface area contributed by atoms with Gasteiger partial charge < -0.3 is 5.73 Å². The number of anilines is 1. The normalized spacial score (nSPS) is 17.1. The first-order valence-corrected chi connectivity index (χ1v) is 5.47. The molecule has 0 aromatic carbocycles. The van der Waals surface area contributed by atoms with E-state index < -0.39 is 5.69 Å². The highest BCUT2D eigenvalue weighted by Crippen LogP contribution is 2.28. The van der Waals surface area contributed by atoms with E-state index in [1.807, 2.05) is 0 Å². The van der Waals surface area contributed by atoms with Crippen molar-refractivity contribution in [1.82, 2.24) is 15.0 Å². The Labute approximate surface area is 88.1 Å². The lowest BCUT2D eigenvalue weighted by molar-refractivity contribution is 0.496. The van der Waals surface area contributed by atoms with E-state index in [9.17, 15) is 4.79 Å². The van der Waals surface area contributed by atoms with Crippen LogP contribution in [0.5, 0.6) is 0 Å². The molecule has 0 bridgehead atoms. The number of hydrogen-bond donors (Lipinski definition) is 2. The van der Waals surface area contributed by atoms with Crippen molar-refractivity contribution in [3.8, 4) is 0 Å². The van der Waals surface area contributed by atoms with Gasteiger partial charge in [0.25, 0.3) is 0 Å². The summed E-state index contributed by atoms with van der Waals surface area (Å²) >= 11 is 0. The Kier molecular flexibility index (Phi) is 2.99. The van der Waals surface area contributed by atoms with Crippen LogP contribution in [0.1, 0.15) is 37.9 Å². The SMILES string of the molecule is Nc1nc(CCC2CCCC2)[nH]c(=O)n1. The zero-order valence-corrected chi connectivity index (χ0v) is 8.70. The molecule has 2 rings (SSSR count). The molecule has 1 heterocycles. The molecule has 1 saturated carbocycles. The Bertz CT molecular complexity index is 381. The number of aromatic nitrogens is 3. The maximum atomic E-state index is 11.0. The summed E-state index contributed by atoms with van der Waals surface area (Å²) in [6, 6.07) is 0. The highest BCUT2D eigenvalue weighted by atomic mass is 16.1. The molecule has 82 valence electrons. The van der Waals surface area contributed by atoms with Crippen LogP contribution in [-0.2, 0) is 6.42 Å². The summed E-state index contributed by atoms with van der Waals surface area (Å²) in [6.45, 7) is 0. The van der Waals surface area contributed by atoms with Crippen molar-refractivity contribution in [2.75, 3.05) is 5.73 Å². The molecule has 1 aliphatic rings. The van der Waals surface area contributed by atoms with Gasteiger partial charge in [-0.3, -0.25) is 4.98 Å². The fraction of sp³-hybridized carbons (Fsp3) is 0.700. The second kappa shape index (κ2) is 4.42. The summed E-state index contributed by atoms with van der Waals surface area (Å²) in [4.78, 5) is 21.1. The number of aryl methyl sites for hydroxylation is 1. The summed E-state index contributed by atoms with van der Waals surface area (Å²) in [5.74, 6) is 1.53. The third-order valence-electron chi connectivity index (χ3n) is 2.98. The Balaban J connectivity index is 1.95. The first kappa shape index (κ1) is 10.1. The van der Waals surface area contributed by atoms with E-state index >= 15 is 0 Å². The van der Waals surface area contributed by atoms with Crippen LogP contribution in [0.4, 0.5) is 5.95 Å². The summed E-state index contributed by atoms with van der Waals surface area (Å²) in [5, 5.41) is 0.